The van der Waals surface area contributed by atoms with Crippen molar-refractivity contribution < 1.29 is 18.7 Å². The average molecular weight is 342 g/mol. The average Bonchev–Trinajstić information content (AvgIpc) is 3.14. The molecule has 0 saturated carbocycles. The normalized spacial score (nSPS) is 11.0. The van der Waals surface area contributed by atoms with E-state index in [0.29, 0.717) is 23.7 Å². The lowest BCUT2D eigenvalue weighted by atomic mass is 10.2. The maximum atomic E-state index is 12.4. The van der Waals surface area contributed by atoms with Gasteiger partial charge in [-0.05, 0) is 42.8 Å². The van der Waals surface area contributed by atoms with Crippen LogP contribution in [0.15, 0.2) is 52.8 Å². The third kappa shape index (κ3) is 5.53. The molecule has 0 aliphatic carbocycles. The van der Waals surface area contributed by atoms with E-state index in [2.05, 4.69) is 17.6 Å². The van der Waals surface area contributed by atoms with Gasteiger partial charge in [-0.3, -0.25) is 9.59 Å². The van der Waals surface area contributed by atoms with Gasteiger partial charge in [-0.2, -0.15) is 0 Å². The predicted molar refractivity (Wildman–Crippen MR) is 95.1 cm³/mol. The number of hydrogen-bond acceptors (Lipinski definition) is 4. The molecule has 2 amide bonds. The first-order valence-corrected chi connectivity index (χ1v) is 8.15. The van der Waals surface area contributed by atoms with E-state index in [-0.39, 0.29) is 11.6 Å². The van der Waals surface area contributed by atoms with E-state index < -0.39 is 5.91 Å². The number of carbonyl (C=O) groups excluding carboxylic acids is 2. The van der Waals surface area contributed by atoms with Crippen LogP contribution in [0.3, 0.4) is 0 Å². The summed E-state index contributed by atoms with van der Waals surface area (Å²) >= 11 is 0. The molecule has 0 radical (unpaired) electrons. The topological polar surface area (TPSA) is 80.6 Å². The number of likely N-dealkylation sites (N-methyl/N-ethyl adjacent to an activating group) is 1. The number of ether oxygens (including phenoxy) is 1. The second kappa shape index (κ2) is 9.32. The van der Waals surface area contributed by atoms with E-state index in [9.17, 15) is 9.59 Å². The molecule has 2 N–H and O–H groups in total. The van der Waals surface area contributed by atoms with Crippen LogP contribution >= 0.6 is 0 Å². The van der Waals surface area contributed by atoms with Crippen molar-refractivity contribution in [1.82, 2.24) is 10.6 Å². The second-order valence-corrected chi connectivity index (χ2v) is 5.33. The molecule has 0 spiro atoms. The quantitative estimate of drug-likeness (QED) is 0.571. The van der Waals surface area contributed by atoms with Crippen molar-refractivity contribution in [2.75, 3.05) is 13.7 Å². The zero-order valence-corrected chi connectivity index (χ0v) is 14.4. The van der Waals surface area contributed by atoms with Gasteiger partial charge in [-0.15, -0.1) is 0 Å². The monoisotopic (exact) mass is 342 g/mol. The van der Waals surface area contributed by atoms with E-state index in [4.69, 9.17) is 9.15 Å². The Bertz CT molecular complexity index is 718. The first-order valence-electron chi connectivity index (χ1n) is 8.15. The number of unbranched alkanes of at least 4 members (excludes halogenated alkanes) is 1. The Morgan fingerprint density at radius 3 is 2.56 bits per heavy atom. The van der Waals surface area contributed by atoms with Crippen LogP contribution in [0.4, 0.5) is 0 Å². The molecule has 1 heterocycles. The number of amides is 2. The van der Waals surface area contributed by atoms with E-state index in [1.807, 2.05) is 0 Å². The maximum absolute atomic E-state index is 12.4. The number of benzene rings is 1. The molecule has 0 bridgehead atoms. The molecule has 0 fully saturated rings. The zero-order valence-electron chi connectivity index (χ0n) is 14.4. The van der Waals surface area contributed by atoms with Gasteiger partial charge in [0.2, 0.25) is 0 Å². The second-order valence-electron chi connectivity index (χ2n) is 5.33. The molecule has 0 saturated heterocycles. The van der Waals surface area contributed by atoms with Gasteiger partial charge >= 0.3 is 0 Å². The van der Waals surface area contributed by atoms with Crippen molar-refractivity contribution in [3.63, 3.8) is 0 Å². The zero-order chi connectivity index (χ0) is 18.1. The van der Waals surface area contributed by atoms with Gasteiger partial charge in [0, 0.05) is 18.7 Å². The predicted octanol–water partition coefficient (Wildman–Crippen LogP) is 2.98. The number of hydrogen-bond donors (Lipinski definition) is 2. The number of nitrogens with one attached hydrogen (secondary N) is 2. The molecule has 2 aromatic rings. The summed E-state index contributed by atoms with van der Waals surface area (Å²) in [6, 6.07) is 10.2. The summed E-state index contributed by atoms with van der Waals surface area (Å²) in [5.74, 6) is 0.381. The Hall–Kier alpha value is -3.02. The summed E-state index contributed by atoms with van der Waals surface area (Å²) in [6.45, 7) is 2.74. The van der Waals surface area contributed by atoms with Crippen molar-refractivity contribution >= 4 is 17.9 Å². The molecule has 6 nitrogen and oxygen atoms in total. The van der Waals surface area contributed by atoms with Crippen LogP contribution in [-0.4, -0.2) is 25.5 Å². The standard InChI is InChI=1S/C19H22N2O4/c1-3-4-11-24-15-9-7-14(8-10-15)18(22)21-17(19(23)20-2)13-16-6-5-12-25-16/h5-10,12-13H,3-4,11H2,1-2H3,(H,20,23)(H,21,22)/b17-13+. The Morgan fingerprint density at radius 2 is 1.96 bits per heavy atom. The fourth-order valence-electron chi connectivity index (χ4n) is 2.04. The van der Waals surface area contributed by atoms with Crippen molar-refractivity contribution in [1.29, 1.82) is 0 Å². The third-order valence-corrected chi connectivity index (χ3v) is 3.43. The largest absolute Gasteiger partial charge is 0.494 e. The van der Waals surface area contributed by atoms with Gasteiger partial charge in [0.1, 0.15) is 17.2 Å². The molecule has 0 unspecified atom stereocenters. The number of carbonyl (C=O) groups is 2. The van der Waals surface area contributed by atoms with Crippen molar-refractivity contribution in [2.24, 2.45) is 0 Å². The Balaban J connectivity index is 2.06. The van der Waals surface area contributed by atoms with Gasteiger partial charge in [0.05, 0.1) is 12.9 Å². The van der Waals surface area contributed by atoms with Crippen molar-refractivity contribution in [2.45, 2.75) is 19.8 Å². The summed E-state index contributed by atoms with van der Waals surface area (Å²) in [5, 5.41) is 5.09. The van der Waals surface area contributed by atoms with E-state index in [0.717, 1.165) is 12.8 Å². The highest BCUT2D eigenvalue weighted by atomic mass is 16.5. The van der Waals surface area contributed by atoms with Crippen molar-refractivity contribution in [3.05, 3.63) is 59.7 Å². The van der Waals surface area contributed by atoms with Crippen LogP contribution in [0.1, 0.15) is 35.9 Å². The van der Waals surface area contributed by atoms with Gasteiger partial charge in [-0.25, -0.2) is 0 Å². The molecular weight excluding hydrogens is 320 g/mol. The fraction of sp³-hybridized carbons (Fsp3) is 0.263. The molecule has 0 atom stereocenters. The van der Waals surface area contributed by atoms with Crippen LogP contribution in [0, 0.1) is 0 Å². The van der Waals surface area contributed by atoms with Crippen LogP contribution < -0.4 is 15.4 Å². The lowest BCUT2D eigenvalue weighted by Gasteiger charge is -2.09. The molecule has 0 aliphatic rings. The number of rotatable bonds is 8. The van der Waals surface area contributed by atoms with Crippen LogP contribution in [-0.2, 0) is 4.79 Å². The fourth-order valence-corrected chi connectivity index (χ4v) is 2.04. The van der Waals surface area contributed by atoms with Gasteiger partial charge in [-0.1, -0.05) is 13.3 Å². The van der Waals surface area contributed by atoms with E-state index in [1.165, 1.54) is 19.4 Å². The minimum atomic E-state index is -0.413. The molecule has 132 valence electrons. The van der Waals surface area contributed by atoms with Gasteiger partial charge in [0.25, 0.3) is 11.8 Å². The number of furan rings is 1. The van der Waals surface area contributed by atoms with Gasteiger partial charge < -0.3 is 19.8 Å². The first kappa shape index (κ1) is 18.3. The molecule has 6 heteroatoms. The minimum Gasteiger partial charge on any atom is -0.494 e. The highest BCUT2D eigenvalue weighted by Gasteiger charge is 2.14. The Morgan fingerprint density at radius 1 is 1.20 bits per heavy atom. The molecule has 0 aliphatic heterocycles. The Kier molecular flexibility index (Phi) is 6.83. The van der Waals surface area contributed by atoms with Crippen LogP contribution in [0.5, 0.6) is 5.75 Å². The Labute approximate surface area is 146 Å². The lowest BCUT2D eigenvalue weighted by molar-refractivity contribution is -0.117. The first-order chi connectivity index (χ1) is 12.1. The van der Waals surface area contributed by atoms with Crippen molar-refractivity contribution in [3.8, 4) is 5.75 Å². The summed E-state index contributed by atoms with van der Waals surface area (Å²) in [6.07, 6.45) is 5.01. The molecule has 1 aromatic heterocycles. The SMILES string of the molecule is CCCCOc1ccc(C(=O)N/C(=C/c2ccco2)C(=O)NC)cc1. The molecule has 1 aromatic carbocycles. The lowest BCUT2D eigenvalue weighted by Crippen LogP contribution is -2.33. The maximum Gasteiger partial charge on any atom is 0.267 e. The summed E-state index contributed by atoms with van der Waals surface area (Å²) < 4.78 is 10.8. The molecule has 25 heavy (non-hydrogen) atoms. The smallest absolute Gasteiger partial charge is 0.267 e. The third-order valence-electron chi connectivity index (χ3n) is 3.43. The molecule has 2 rings (SSSR count). The highest BCUT2D eigenvalue weighted by Crippen LogP contribution is 2.13. The minimum absolute atomic E-state index is 0.103. The summed E-state index contributed by atoms with van der Waals surface area (Å²) in [5.41, 5.74) is 0.530. The van der Waals surface area contributed by atoms with E-state index >= 15 is 0 Å². The highest BCUT2D eigenvalue weighted by molar-refractivity contribution is 6.05. The summed E-state index contributed by atoms with van der Waals surface area (Å²) in [4.78, 5) is 24.3. The van der Waals surface area contributed by atoms with Crippen LogP contribution in [0.25, 0.3) is 6.08 Å². The molecular formula is C19H22N2O4. The van der Waals surface area contributed by atoms with E-state index in [1.54, 1.807) is 36.4 Å². The van der Waals surface area contributed by atoms with Crippen LogP contribution in [0.2, 0.25) is 0 Å². The summed E-state index contributed by atoms with van der Waals surface area (Å²) in [7, 11) is 1.49. The van der Waals surface area contributed by atoms with Gasteiger partial charge in [0.15, 0.2) is 0 Å².